The molecule has 2 saturated heterocycles. The SMILES string of the molecule is O=C(NCC(C(=O)O)C1CCOCC1)c1ccc(N2CCCCCC2)nc1. The maximum Gasteiger partial charge on any atom is 0.308 e. The van der Waals surface area contributed by atoms with Crippen LogP contribution in [0, 0.1) is 11.8 Å². The van der Waals surface area contributed by atoms with Gasteiger partial charge >= 0.3 is 5.97 Å². The van der Waals surface area contributed by atoms with Gasteiger partial charge in [-0.2, -0.15) is 0 Å². The summed E-state index contributed by atoms with van der Waals surface area (Å²) in [5.41, 5.74) is 0.463. The molecule has 2 aliphatic rings. The van der Waals surface area contributed by atoms with Crippen LogP contribution in [0.4, 0.5) is 5.82 Å². The Balaban J connectivity index is 1.55. The summed E-state index contributed by atoms with van der Waals surface area (Å²) in [6.07, 6.45) is 7.89. The second-order valence-corrected chi connectivity index (χ2v) is 7.41. The summed E-state index contributed by atoms with van der Waals surface area (Å²) in [6, 6.07) is 3.65. The van der Waals surface area contributed by atoms with Gasteiger partial charge in [-0.1, -0.05) is 12.8 Å². The van der Waals surface area contributed by atoms with Gasteiger partial charge in [0.05, 0.1) is 11.5 Å². The number of anilines is 1. The molecule has 1 aromatic rings. The molecule has 2 fully saturated rings. The fourth-order valence-corrected chi connectivity index (χ4v) is 3.89. The molecule has 0 aromatic carbocycles. The second-order valence-electron chi connectivity index (χ2n) is 7.41. The van der Waals surface area contributed by atoms with E-state index in [1.807, 2.05) is 6.07 Å². The highest BCUT2D eigenvalue weighted by Gasteiger charge is 2.30. The van der Waals surface area contributed by atoms with Gasteiger partial charge in [-0.05, 0) is 43.7 Å². The maximum absolute atomic E-state index is 12.4. The number of hydrogen-bond donors (Lipinski definition) is 2. The highest BCUT2D eigenvalue weighted by Crippen LogP contribution is 2.24. The minimum absolute atomic E-state index is 0.0417. The molecule has 2 N–H and O–H groups in total. The molecule has 0 saturated carbocycles. The molecule has 1 amide bonds. The van der Waals surface area contributed by atoms with Crippen LogP contribution >= 0.6 is 0 Å². The monoisotopic (exact) mass is 375 g/mol. The van der Waals surface area contributed by atoms with Crippen molar-refractivity contribution in [1.82, 2.24) is 10.3 Å². The normalized spacial score (nSPS) is 19.9. The zero-order chi connectivity index (χ0) is 19.1. The van der Waals surface area contributed by atoms with Gasteiger partial charge in [0, 0.05) is 39.0 Å². The third-order valence-corrected chi connectivity index (χ3v) is 5.57. The van der Waals surface area contributed by atoms with Crippen LogP contribution in [0.15, 0.2) is 18.3 Å². The van der Waals surface area contributed by atoms with E-state index in [-0.39, 0.29) is 18.4 Å². The van der Waals surface area contributed by atoms with E-state index in [9.17, 15) is 14.7 Å². The fourth-order valence-electron chi connectivity index (χ4n) is 3.89. The molecule has 0 radical (unpaired) electrons. The van der Waals surface area contributed by atoms with E-state index in [4.69, 9.17) is 4.74 Å². The summed E-state index contributed by atoms with van der Waals surface area (Å²) in [5, 5.41) is 12.3. The number of ether oxygens (including phenoxy) is 1. The third kappa shape index (κ3) is 5.42. The van der Waals surface area contributed by atoms with Gasteiger partial charge < -0.3 is 20.1 Å². The van der Waals surface area contributed by atoms with Gasteiger partial charge in [-0.25, -0.2) is 4.98 Å². The first-order valence-corrected chi connectivity index (χ1v) is 9.95. The van der Waals surface area contributed by atoms with Crippen molar-refractivity contribution in [3.63, 3.8) is 0 Å². The van der Waals surface area contributed by atoms with Crippen LogP contribution in [-0.2, 0) is 9.53 Å². The van der Waals surface area contributed by atoms with Gasteiger partial charge in [0.25, 0.3) is 5.91 Å². The van der Waals surface area contributed by atoms with Crippen LogP contribution in [0.1, 0.15) is 48.9 Å². The van der Waals surface area contributed by atoms with Crippen LogP contribution in [0.5, 0.6) is 0 Å². The predicted molar refractivity (Wildman–Crippen MR) is 102 cm³/mol. The number of carbonyl (C=O) groups is 2. The molecule has 0 aliphatic carbocycles. The van der Waals surface area contributed by atoms with Crippen LogP contribution in [-0.4, -0.2) is 54.8 Å². The number of nitrogens with zero attached hydrogens (tertiary/aromatic N) is 2. The lowest BCUT2D eigenvalue weighted by atomic mass is 9.86. The Morgan fingerprint density at radius 3 is 2.48 bits per heavy atom. The molecule has 27 heavy (non-hydrogen) atoms. The number of rotatable bonds is 6. The average Bonchev–Trinajstić information content (AvgIpc) is 2.98. The van der Waals surface area contributed by atoms with E-state index in [1.54, 1.807) is 12.3 Å². The van der Waals surface area contributed by atoms with E-state index in [0.717, 1.165) is 31.7 Å². The van der Waals surface area contributed by atoms with Gasteiger partial charge in [0.1, 0.15) is 5.82 Å². The van der Waals surface area contributed by atoms with Crippen molar-refractivity contribution in [2.45, 2.75) is 38.5 Å². The lowest BCUT2D eigenvalue weighted by Crippen LogP contribution is -2.39. The van der Waals surface area contributed by atoms with E-state index in [0.29, 0.717) is 18.8 Å². The Bertz CT molecular complexity index is 621. The van der Waals surface area contributed by atoms with E-state index in [1.165, 1.54) is 25.7 Å². The number of amides is 1. The molecule has 0 bridgehead atoms. The molecule has 1 unspecified atom stereocenters. The first-order chi connectivity index (χ1) is 13.1. The van der Waals surface area contributed by atoms with Crippen molar-refractivity contribution in [2.75, 3.05) is 37.7 Å². The van der Waals surface area contributed by atoms with E-state index < -0.39 is 11.9 Å². The van der Waals surface area contributed by atoms with E-state index in [2.05, 4.69) is 15.2 Å². The summed E-state index contributed by atoms with van der Waals surface area (Å²) < 4.78 is 5.30. The summed E-state index contributed by atoms with van der Waals surface area (Å²) in [4.78, 5) is 30.7. The average molecular weight is 375 g/mol. The highest BCUT2D eigenvalue weighted by atomic mass is 16.5. The summed E-state index contributed by atoms with van der Waals surface area (Å²) in [5.74, 6) is -0.776. The second kappa shape index (κ2) is 9.69. The number of carboxylic acid groups (broad SMARTS) is 1. The Kier molecular flexibility index (Phi) is 7.04. The Morgan fingerprint density at radius 2 is 1.89 bits per heavy atom. The largest absolute Gasteiger partial charge is 0.481 e. The number of nitrogens with one attached hydrogen (secondary N) is 1. The van der Waals surface area contributed by atoms with Gasteiger partial charge in [0.2, 0.25) is 0 Å². The van der Waals surface area contributed by atoms with Crippen molar-refractivity contribution < 1.29 is 19.4 Å². The zero-order valence-corrected chi connectivity index (χ0v) is 15.7. The first kappa shape index (κ1) is 19.6. The van der Waals surface area contributed by atoms with Crippen LogP contribution < -0.4 is 10.2 Å². The molecule has 148 valence electrons. The van der Waals surface area contributed by atoms with Gasteiger partial charge in [0.15, 0.2) is 0 Å². The predicted octanol–water partition coefficient (Wildman–Crippen LogP) is 2.32. The summed E-state index contributed by atoms with van der Waals surface area (Å²) >= 11 is 0. The number of aliphatic carboxylic acids is 1. The number of aromatic nitrogens is 1. The number of carbonyl (C=O) groups excluding carboxylic acids is 1. The Morgan fingerprint density at radius 1 is 1.19 bits per heavy atom. The van der Waals surface area contributed by atoms with Gasteiger partial charge in [-0.15, -0.1) is 0 Å². The lowest BCUT2D eigenvalue weighted by Gasteiger charge is -2.27. The molecular formula is C20H29N3O4. The number of pyridine rings is 1. The number of carboxylic acids is 1. The maximum atomic E-state index is 12.4. The topological polar surface area (TPSA) is 91.8 Å². The first-order valence-electron chi connectivity index (χ1n) is 9.95. The highest BCUT2D eigenvalue weighted by molar-refractivity contribution is 5.94. The smallest absolute Gasteiger partial charge is 0.308 e. The lowest BCUT2D eigenvalue weighted by molar-refractivity contribution is -0.144. The number of hydrogen-bond acceptors (Lipinski definition) is 5. The molecule has 2 aliphatic heterocycles. The molecular weight excluding hydrogens is 346 g/mol. The Labute approximate surface area is 160 Å². The summed E-state index contributed by atoms with van der Waals surface area (Å²) in [6.45, 7) is 3.31. The van der Waals surface area contributed by atoms with Crippen LogP contribution in [0.3, 0.4) is 0 Å². The molecule has 1 aromatic heterocycles. The van der Waals surface area contributed by atoms with Crippen molar-refractivity contribution in [3.8, 4) is 0 Å². The standard InChI is InChI=1S/C20H29N3O4/c24-19(22-14-17(20(25)26)15-7-11-27-12-8-15)16-5-6-18(21-13-16)23-9-3-1-2-4-10-23/h5-6,13,15,17H,1-4,7-12,14H2,(H,22,24)(H,25,26). The van der Waals surface area contributed by atoms with Gasteiger partial charge in [-0.3, -0.25) is 9.59 Å². The molecule has 1 atom stereocenters. The molecule has 3 rings (SSSR count). The van der Waals surface area contributed by atoms with Crippen LogP contribution in [0.25, 0.3) is 0 Å². The molecule has 7 nitrogen and oxygen atoms in total. The van der Waals surface area contributed by atoms with Crippen molar-refractivity contribution in [1.29, 1.82) is 0 Å². The minimum atomic E-state index is -0.864. The Hall–Kier alpha value is -2.15. The summed E-state index contributed by atoms with van der Waals surface area (Å²) in [7, 11) is 0. The fraction of sp³-hybridized carbons (Fsp3) is 0.650. The minimum Gasteiger partial charge on any atom is -0.481 e. The molecule has 7 heteroatoms. The van der Waals surface area contributed by atoms with Crippen molar-refractivity contribution in [3.05, 3.63) is 23.9 Å². The molecule has 3 heterocycles. The van der Waals surface area contributed by atoms with Crippen LogP contribution in [0.2, 0.25) is 0 Å². The van der Waals surface area contributed by atoms with E-state index >= 15 is 0 Å². The zero-order valence-electron chi connectivity index (χ0n) is 15.7. The van der Waals surface area contributed by atoms with Crippen molar-refractivity contribution in [2.24, 2.45) is 11.8 Å². The van der Waals surface area contributed by atoms with Crippen molar-refractivity contribution >= 4 is 17.7 Å². The molecule has 0 spiro atoms. The quantitative estimate of drug-likeness (QED) is 0.793. The third-order valence-electron chi connectivity index (χ3n) is 5.57.